The Bertz CT molecular complexity index is 1530. The number of anilines is 3. The summed E-state index contributed by atoms with van der Waals surface area (Å²) in [7, 11) is 1.63. The summed E-state index contributed by atoms with van der Waals surface area (Å²) < 4.78 is 1.43. The molecule has 0 saturated carbocycles. The molecule has 4 aromatic rings. The number of aromatic nitrogens is 1. The van der Waals surface area contributed by atoms with Gasteiger partial charge < -0.3 is 20.5 Å². The molecular weight excluding hydrogens is 476 g/mol. The van der Waals surface area contributed by atoms with E-state index in [0.717, 1.165) is 22.3 Å². The van der Waals surface area contributed by atoms with E-state index >= 15 is 0 Å². The van der Waals surface area contributed by atoms with Gasteiger partial charge in [0.25, 0.3) is 11.5 Å². The molecule has 1 aromatic heterocycles. The van der Waals surface area contributed by atoms with Crippen LogP contribution < -0.4 is 21.5 Å². The second-order valence-corrected chi connectivity index (χ2v) is 10.3. The molecule has 0 aliphatic heterocycles. The van der Waals surface area contributed by atoms with Gasteiger partial charge in [0.05, 0.1) is 0 Å². The van der Waals surface area contributed by atoms with Gasteiger partial charge in [-0.05, 0) is 65.4 Å². The van der Waals surface area contributed by atoms with E-state index in [9.17, 15) is 14.4 Å². The zero-order valence-electron chi connectivity index (χ0n) is 22.3. The SMILES string of the molecule is Cc1c(NC(=O)c2ccc(C(C)(C)C)cc2)cccc1-c1cc(NC(=O)Nc2ccccc2)c(=O)n(C)c1. The fourth-order valence-corrected chi connectivity index (χ4v) is 4.15. The molecule has 4 rings (SSSR count). The predicted octanol–water partition coefficient (Wildman–Crippen LogP) is 6.55. The molecule has 38 heavy (non-hydrogen) atoms. The number of hydrogen-bond donors (Lipinski definition) is 3. The molecule has 0 unspecified atom stereocenters. The van der Waals surface area contributed by atoms with E-state index in [4.69, 9.17) is 0 Å². The molecule has 0 bridgehead atoms. The highest BCUT2D eigenvalue weighted by Crippen LogP contribution is 2.30. The number of amides is 3. The number of urea groups is 1. The zero-order chi connectivity index (χ0) is 27.4. The molecule has 7 heteroatoms. The fourth-order valence-electron chi connectivity index (χ4n) is 4.15. The summed E-state index contributed by atoms with van der Waals surface area (Å²) in [5, 5.41) is 8.39. The Kier molecular flexibility index (Phi) is 7.48. The van der Waals surface area contributed by atoms with E-state index in [2.05, 4.69) is 36.7 Å². The largest absolute Gasteiger partial charge is 0.323 e. The monoisotopic (exact) mass is 508 g/mol. The lowest BCUT2D eigenvalue weighted by molar-refractivity contribution is 0.102. The molecule has 3 aromatic carbocycles. The minimum Gasteiger partial charge on any atom is -0.322 e. The number of carbonyl (C=O) groups excluding carboxylic acids is 2. The van der Waals surface area contributed by atoms with Gasteiger partial charge in [-0.15, -0.1) is 0 Å². The van der Waals surface area contributed by atoms with Crippen LogP contribution in [0.15, 0.2) is 89.9 Å². The van der Waals surface area contributed by atoms with Crippen LogP contribution in [0.25, 0.3) is 11.1 Å². The van der Waals surface area contributed by atoms with Gasteiger partial charge in [-0.1, -0.05) is 63.2 Å². The van der Waals surface area contributed by atoms with Crippen LogP contribution in [0.1, 0.15) is 42.3 Å². The lowest BCUT2D eigenvalue weighted by atomic mass is 9.86. The summed E-state index contributed by atoms with van der Waals surface area (Å²) in [5.74, 6) is -0.203. The van der Waals surface area contributed by atoms with Crippen molar-refractivity contribution in [1.29, 1.82) is 0 Å². The van der Waals surface area contributed by atoms with Crippen molar-refractivity contribution < 1.29 is 9.59 Å². The minimum absolute atomic E-state index is 0.00559. The summed E-state index contributed by atoms with van der Waals surface area (Å²) in [4.78, 5) is 38.3. The van der Waals surface area contributed by atoms with Crippen LogP contribution in [-0.4, -0.2) is 16.5 Å². The normalized spacial score (nSPS) is 11.1. The minimum atomic E-state index is -0.513. The van der Waals surface area contributed by atoms with Crippen LogP contribution in [0.4, 0.5) is 21.9 Å². The van der Waals surface area contributed by atoms with Crippen molar-refractivity contribution in [2.45, 2.75) is 33.1 Å². The van der Waals surface area contributed by atoms with Crippen molar-refractivity contribution in [1.82, 2.24) is 4.57 Å². The molecule has 7 nitrogen and oxygen atoms in total. The van der Waals surface area contributed by atoms with Gasteiger partial charge in [-0.3, -0.25) is 9.59 Å². The first-order valence-electron chi connectivity index (χ1n) is 12.4. The third-order valence-electron chi connectivity index (χ3n) is 6.37. The van der Waals surface area contributed by atoms with E-state index in [-0.39, 0.29) is 22.6 Å². The van der Waals surface area contributed by atoms with E-state index in [0.29, 0.717) is 16.9 Å². The first-order valence-corrected chi connectivity index (χ1v) is 12.4. The number of aryl methyl sites for hydroxylation is 1. The lowest BCUT2D eigenvalue weighted by Crippen LogP contribution is -2.27. The maximum Gasteiger partial charge on any atom is 0.323 e. The maximum atomic E-state index is 13.0. The summed E-state index contributed by atoms with van der Waals surface area (Å²) in [5.41, 5.74) is 5.21. The predicted molar refractivity (Wildman–Crippen MR) is 154 cm³/mol. The van der Waals surface area contributed by atoms with Crippen LogP contribution >= 0.6 is 0 Å². The van der Waals surface area contributed by atoms with Crippen molar-refractivity contribution >= 4 is 29.0 Å². The standard InChI is InChI=1S/C31H32N4O3/c1-20-25(12-9-13-26(20)33-28(36)21-14-16-23(17-15-21)31(2,3)4)22-18-27(29(37)35(5)19-22)34-30(38)32-24-10-7-6-8-11-24/h6-19H,1-5H3,(H,33,36)(H2,32,34,38). The van der Waals surface area contributed by atoms with Crippen LogP contribution in [0.3, 0.4) is 0 Å². The molecule has 0 aliphatic rings. The highest BCUT2D eigenvalue weighted by molar-refractivity contribution is 6.05. The Balaban J connectivity index is 1.58. The molecule has 0 radical (unpaired) electrons. The number of nitrogens with one attached hydrogen (secondary N) is 3. The number of pyridine rings is 1. The number of rotatable bonds is 5. The molecule has 0 aliphatic carbocycles. The van der Waals surface area contributed by atoms with Gasteiger partial charge >= 0.3 is 6.03 Å². The Morgan fingerprint density at radius 3 is 2.13 bits per heavy atom. The molecule has 3 N–H and O–H groups in total. The molecule has 1 heterocycles. The average Bonchev–Trinajstić information content (AvgIpc) is 2.88. The van der Waals surface area contributed by atoms with Gasteiger partial charge in [0, 0.05) is 35.7 Å². The zero-order valence-corrected chi connectivity index (χ0v) is 22.3. The Morgan fingerprint density at radius 2 is 1.47 bits per heavy atom. The van der Waals surface area contributed by atoms with Crippen molar-refractivity contribution in [2.24, 2.45) is 7.05 Å². The van der Waals surface area contributed by atoms with E-state index in [1.54, 1.807) is 31.4 Å². The first-order chi connectivity index (χ1) is 18.0. The number of benzene rings is 3. The maximum absolute atomic E-state index is 13.0. The molecule has 3 amide bonds. The van der Waals surface area contributed by atoms with Gasteiger partial charge in [-0.2, -0.15) is 0 Å². The van der Waals surface area contributed by atoms with Crippen molar-refractivity contribution in [3.63, 3.8) is 0 Å². The number of carbonyl (C=O) groups is 2. The summed E-state index contributed by atoms with van der Waals surface area (Å²) in [6.45, 7) is 8.31. The van der Waals surface area contributed by atoms with E-state index in [1.165, 1.54) is 4.57 Å². The van der Waals surface area contributed by atoms with Gasteiger partial charge in [0.1, 0.15) is 5.69 Å². The first kappa shape index (κ1) is 26.4. The van der Waals surface area contributed by atoms with E-state index < -0.39 is 6.03 Å². The van der Waals surface area contributed by atoms with Gasteiger partial charge in [-0.25, -0.2) is 4.79 Å². The molecular formula is C31H32N4O3. The van der Waals surface area contributed by atoms with Crippen molar-refractivity contribution in [2.75, 3.05) is 16.0 Å². The van der Waals surface area contributed by atoms with Crippen molar-refractivity contribution in [3.8, 4) is 11.1 Å². The summed E-state index contributed by atoms with van der Waals surface area (Å²) in [6, 6.07) is 23.3. The van der Waals surface area contributed by atoms with Crippen LogP contribution in [0.5, 0.6) is 0 Å². The van der Waals surface area contributed by atoms with Gasteiger partial charge in [0.15, 0.2) is 0 Å². The topological polar surface area (TPSA) is 92.2 Å². The highest BCUT2D eigenvalue weighted by Gasteiger charge is 2.16. The number of para-hydroxylation sites is 1. The van der Waals surface area contributed by atoms with Crippen molar-refractivity contribution in [3.05, 3.63) is 112 Å². The third kappa shape index (κ3) is 6.00. The smallest absolute Gasteiger partial charge is 0.322 e. The molecule has 0 saturated heterocycles. The Hall–Kier alpha value is -4.65. The molecule has 0 atom stereocenters. The van der Waals surface area contributed by atoms with E-state index in [1.807, 2.05) is 67.6 Å². The molecule has 0 fully saturated rings. The second kappa shape index (κ2) is 10.8. The number of nitrogens with zero attached hydrogens (tertiary/aromatic N) is 1. The quantitative estimate of drug-likeness (QED) is 0.285. The van der Waals surface area contributed by atoms with Gasteiger partial charge in [0.2, 0.25) is 0 Å². The number of hydrogen-bond acceptors (Lipinski definition) is 3. The van der Waals surface area contributed by atoms with Crippen LogP contribution in [0.2, 0.25) is 0 Å². The Labute approximate surface area is 222 Å². The molecule has 0 spiro atoms. The van der Waals surface area contributed by atoms with Crippen LogP contribution in [-0.2, 0) is 12.5 Å². The second-order valence-electron chi connectivity index (χ2n) is 10.3. The average molecular weight is 509 g/mol. The third-order valence-corrected chi connectivity index (χ3v) is 6.37. The summed E-state index contributed by atoms with van der Waals surface area (Å²) >= 11 is 0. The Morgan fingerprint density at radius 1 is 0.789 bits per heavy atom. The molecule has 194 valence electrons. The lowest BCUT2D eigenvalue weighted by Gasteiger charge is -2.19. The highest BCUT2D eigenvalue weighted by atomic mass is 16.2. The summed E-state index contributed by atoms with van der Waals surface area (Å²) in [6.07, 6.45) is 1.71. The van der Waals surface area contributed by atoms with Crippen LogP contribution in [0, 0.1) is 6.92 Å². The fraction of sp³-hybridized carbons (Fsp3) is 0.194.